The number of urea groups is 1. The van der Waals surface area contributed by atoms with Gasteiger partial charge in [0.1, 0.15) is 5.82 Å². The molecule has 0 unspecified atom stereocenters. The van der Waals surface area contributed by atoms with E-state index >= 15 is 0 Å². The zero-order valence-electron chi connectivity index (χ0n) is 13.3. The summed E-state index contributed by atoms with van der Waals surface area (Å²) < 4.78 is 2.97. The molecule has 3 rings (SSSR count). The lowest BCUT2D eigenvalue weighted by Crippen LogP contribution is -2.36. The molecule has 1 atom stereocenters. The summed E-state index contributed by atoms with van der Waals surface area (Å²) in [6.07, 6.45) is 3.61. The Labute approximate surface area is 138 Å². The standard InChI is InChI=1S/C16H19N5OS/c1-10(2)13(14-17-8-9-21(14)3)19-15(22)20-16-18-11-6-4-5-7-12(11)23-16/h4-10,13H,1-3H3,(H2,18,19,20,22)/t13-/m1/s1. The minimum Gasteiger partial charge on any atom is -0.336 e. The molecule has 6 nitrogen and oxygen atoms in total. The largest absolute Gasteiger partial charge is 0.336 e. The lowest BCUT2D eigenvalue weighted by atomic mass is 10.0. The number of aryl methyl sites for hydroxylation is 1. The molecular weight excluding hydrogens is 310 g/mol. The molecular formula is C16H19N5OS. The number of amides is 2. The van der Waals surface area contributed by atoms with Crippen molar-refractivity contribution in [3.8, 4) is 0 Å². The first-order chi connectivity index (χ1) is 11.0. The van der Waals surface area contributed by atoms with Crippen LogP contribution in [0.25, 0.3) is 10.2 Å². The number of fused-ring (bicyclic) bond motifs is 1. The van der Waals surface area contributed by atoms with Crippen LogP contribution < -0.4 is 10.6 Å². The van der Waals surface area contributed by atoms with Crippen LogP contribution >= 0.6 is 11.3 Å². The van der Waals surface area contributed by atoms with Gasteiger partial charge in [-0.15, -0.1) is 0 Å². The quantitative estimate of drug-likeness (QED) is 0.769. The molecule has 0 aliphatic heterocycles. The van der Waals surface area contributed by atoms with Gasteiger partial charge in [-0.2, -0.15) is 0 Å². The van der Waals surface area contributed by atoms with Crippen molar-refractivity contribution in [3.05, 3.63) is 42.5 Å². The molecule has 0 bridgehead atoms. The average Bonchev–Trinajstić information content (AvgIpc) is 3.09. The van der Waals surface area contributed by atoms with Crippen LogP contribution in [0, 0.1) is 5.92 Å². The number of para-hydroxylation sites is 1. The van der Waals surface area contributed by atoms with Gasteiger partial charge in [0.25, 0.3) is 0 Å². The van der Waals surface area contributed by atoms with Crippen LogP contribution in [0.4, 0.5) is 9.93 Å². The van der Waals surface area contributed by atoms with E-state index in [9.17, 15) is 4.79 Å². The molecule has 120 valence electrons. The molecule has 0 saturated heterocycles. The van der Waals surface area contributed by atoms with Gasteiger partial charge in [0.2, 0.25) is 0 Å². The second kappa shape index (κ2) is 6.37. The highest BCUT2D eigenvalue weighted by Crippen LogP contribution is 2.26. The van der Waals surface area contributed by atoms with Crippen LogP contribution in [-0.4, -0.2) is 20.6 Å². The van der Waals surface area contributed by atoms with Gasteiger partial charge in [-0.1, -0.05) is 37.3 Å². The molecule has 0 aliphatic rings. The Morgan fingerprint density at radius 2 is 2.09 bits per heavy atom. The fourth-order valence-electron chi connectivity index (χ4n) is 2.41. The molecule has 0 saturated carbocycles. The van der Waals surface area contributed by atoms with Gasteiger partial charge in [0, 0.05) is 19.4 Å². The third kappa shape index (κ3) is 3.34. The fraction of sp³-hybridized carbons (Fsp3) is 0.312. The van der Waals surface area contributed by atoms with E-state index in [4.69, 9.17) is 0 Å². The molecule has 0 fully saturated rings. The Hall–Kier alpha value is -2.41. The van der Waals surface area contributed by atoms with E-state index in [0.717, 1.165) is 16.0 Å². The highest BCUT2D eigenvalue weighted by atomic mass is 32.1. The van der Waals surface area contributed by atoms with Gasteiger partial charge in [0.05, 0.1) is 16.3 Å². The third-order valence-corrected chi connectivity index (χ3v) is 4.56. The molecule has 0 spiro atoms. The second-order valence-electron chi connectivity index (χ2n) is 5.70. The Morgan fingerprint density at radius 3 is 2.74 bits per heavy atom. The average molecular weight is 329 g/mol. The number of anilines is 1. The Morgan fingerprint density at radius 1 is 1.30 bits per heavy atom. The van der Waals surface area contributed by atoms with Gasteiger partial charge in [-0.25, -0.2) is 14.8 Å². The molecule has 7 heteroatoms. The molecule has 2 N–H and O–H groups in total. The number of rotatable bonds is 4. The first-order valence-corrected chi connectivity index (χ1v) is 8.26. The monoisotopic (exact) mass is 329 g/mol. The van der Waals surface area contributed by atoms with Crippen molar-refractivity contribution in [1.29, 1.82) is 0 Å². The molecule has 1 aromatic carbocycles. The number of hydrogen-bond acceptors (Lipinski definition) is 4. The zero-order valence-corrected chi connectivity index (χ0v) is 14.1. The van der Waals surface area contributed by atoms with Crippen molar-refractivity contribution in [3.63, 3.8) is 0 Å². The van der Waals surface area contributed by atoms with E-state index in [1.54, 1.807) is 6.20 Å². The maximum Gasteiger partial charge on any atom is 0.321 e. The SMILES string of the molecule is CC(C)[C@@H](NC(=O)Nc1nc2ccccc2s1)c1nccn1C. The predicted molar refractivity (Wildman–Crippen MR) is 92.6 cm³/mol. The first kappa shape index (κ1) is 15.5. The van der Waals surface area contributed by atoms with E-state index in [1.165, 1.54) is 11.3 Å². The Kier molecular flexibility index (Phi) is 4.29. The van der Waals surface area contributed by atoms with E-state index in [2.05, 4.69) is 34.4 Å². The number of carbonyl (C=O) groups is 1. The molecule has 0 aliphatic carbocycles. The van der Waals surface area contributed by atoms with Crippen molar-refractivity contribution in [1.82, 2.24) is 19.9 Å². The summed E-state index contributed by atoms with van der Waals surface area (Å²) in [4.78, 5) is 21.1. The Balaban J connectivity index is 1.73. The van der Waals surface area contributed by atoms with Gasteiger partial charge in [-0.3, -0.25) is 5.32 Å². The van der Waals surface area contributed by atoms with E-state index < -0.39 is 0 Å². The summed E-state index contributed by atoms with van der Waals surface area (Å²) in [5.41, 5.74) is 0.886. The minimum absolute atomic E-state index is 0.163. The number of hydrogen-bond donors (Lipinski definition) is 2. The van der Waals surface area contributed by atoms with Crippen molar-refractivity contribution in [2.45, 2.75) is 19.9 Å². The molecule has 0 radical (unpaired) electrons. The van der Waals surface area contributed by atoms with Crippen LogP contribution in [-0.2, 0) is 7.05 Å². The number of imidazole rings is 1. The number of nitrogens with one attached hydrogen (secondary N) is 2. The number of aromatic nitrogens is 3. The van der Waals surface area contributed by atoms with Crippen molar-refractivity contribution < 1.29 is 4.79 Å². The van der Waals surface area contributed by atoms with E-state index in [0.29, 0.717) is 5.13 Å². The molecule has 2 heterocycles. The van der Waals surface area contributed by atoms with Gasteiger partial charge in [-0.05, 0) is 18.1 Å². The summed E-state index contributed by atoms with van der Waals surface area (Å²) in [6, 6.07) is 7.37. The molecule has 2 amide bonds. The lowest BCUT2D eigenvalue weighted by Gasteiger charge is -2.21. The third-order valence-electron chi connectivity index (χ3n) is 3.60. The maximum atomic E-state index is 12.3. The molecule has 2 aromatic heterocycles. The molecule has 23 heavy (non-hydrogen) atoms. The number of thiazole rings is 1. The second-order valence-corrected chi connectivity index (χ2v) is 6.73. The van der Waals surface area contributed by atoms with Crippen LogP contribution in [0.5, 0.6) is 0 Å². The van der Waals surface area contributed by atoms with E-state index in [-0.39, 0.29) is 18.0 Å². The predicted octanol–water partition coefficient (Wildman–Crippen LogP) is 3.55. The highest BCUT2D eigenvalue weighted by molar-refractivity contribution is 7.22. The number of nitrogens with zero attached hydrogens (tertiary/aromatic N) is 3. The number of carbonyl (C=O) groups excluding carboxylic acids is 1. The molecule has 3 aromatic rings. The van der Waals surface area contributed by atoms with Crippen molar-refractivity contribution in [2.24, 2.45) is 13.0 Å². The van der Waals surface area contributed by atoms with Gasteiger partial charge >= 0.3 is 6.03 Å². The van der Waals surface area contributed by atoms with Crippen LogP contribution in [0.15, 0.2) is 36.7 Å². The summed E-state index contributed by atoms with van der Waals surface area (Å²) in [7, 11) is 1.92. The lowest BCUT2D eigenvalue weighted by molar-refractivity contribution is 0.243. The van der Waals surface area contributed by atoms with Crippen LogP contribution in [0.3, 0.4) is 0 Å². The summed E-state index contributed by atoms with van der Waals surface area (Å²) in [5, 5.41) is 6.39. The van der Waals surface area contributed by atoms with Gasteiger partial charge < -0.3 is 9.88 Å². The topological polar surface area (TPSA) is 71.8 Å². The van der Waals surface area contributed by atoms with Crippen molar-refractivity contribution in [2.75, 3.05) is 5.32 Å². The zero-order chi connectivity index (χ0) is 16.4. The summed E-state index contributed by atoms with van der Waals surface area (Å²) >= 11 is 1.46. The van der Waals surface area contributed by atoms with Crippen LogP contribution in [0.2, 0.25) is 0 Å². The Bertz CT molecular complexity index is 790. The smallest absolute Gasteiger partial charge is 0.321 e. The highest BCUT2D eigenvalue weighted by Gasteiger charge is 2.22. The summed E-state index contributed by atoms with van der Waals surface area (Å²) in [5.74, 6) is 1.05. The maximum absolute atomic E-state index is 12.3. The fourth-order valence-corrected chi connectivity index (χ4v) is 3.27. The minimum atomic E-state index is -0.272. The van der Waals surface area contributed by atoms with Gasteiger partial charge in [0.15, 0.2) is 5.13 Å². The number of benzene rings is 1. The van der Waals surface area contributed by atoms with Crippen molar-refractivity contribution >= 4 is 32.7 Å². The normalized spacial score (nSPS) is 12.5. The van der Waals surface area contributed by atoms with E-state index in [1.807, 2.05) is 42.1 Å². The first-order valence-electron chi connectivity index (χ1n) is 7.45. The summed E-state index contributed by atoms with van der Waals surface area (Å²) in [6.45, 7) is 4.11. The van der Waals surface area contributed by atoms with Crippen LogP contribution in [0.1, 0.15) is 25.7 Å².